The normalized spacial score (nSPS) is 21.9. The summed E-state index contributed by atoms with van der Waals surface area (Å²) < 4.78 is 19.1. The molecule has 0 aliphatic carbocycles. The third-order valence-corrected chi connectivity index (χ3v) is 6.43. The van der Waals surface area contributed by atoms with Crippen LogP contribution in [0.25, 0.3) is 22.8 Å². The van der Waals surface area contributed by atoms with Crippen molar-refractivity contribution in [2.24, 2.45) is 0 Å². The summed E-state index contributed by atoms with van der Waals surface area (Å²) >= 11 is 0. The summed E-state index contributed by atoms with van der Waals surface area (Å²) in [6, 6.07) is 7.82. The van der Waals surface area contributed by atoms with E-state index in [1.165, 1.54) is 22.8 Å². The SMILES string of the molecule is C[C@H](Nc1nccc(-c2cccc(-c3cc([C@]4(O)CCN(C)C4=O)on3)n2)n1)C(=O)N1CC(C)(F)C1. The van der Waals surface area contributed by atoms with Crippen LogP contribution in [0.15, 0.2) is 41.1 Å². The monoisotopic (exact) mass is 495 g/mol. The zero-order valence-electron chi connectivity index (χ0n) is 20.1. The molecule has 2 amide bonds. The van der Waals surface area contributed by atoms with E-state index in [1.807, 2.05) is 0 Å². The van der Waals surface area contributed by atoms with Gasteiger partial charge in [-0.2, -0.15) is 0 Å². The Bertz CT molecular complexity index is 1320. The molecule has 0 unspecified atom stereocenters. The smallest absolute Gasteiger partial charge is 0.262 e. The van der Waals surface area contributed by atoms with Gasteiger partial charge < -0.3 is 24.7 Å². The zero-order valence-corrected chi connectivity index (χ0v) is 20.1. The van der Waals surface area contributed by atoms with Crippen molar-refractivity contribution >= 4 is 17.8 Å². The molecule has 2 aliphatic rings. The van der Waals surface area contributed by atoms with Gasteiger partial charge in [-0.1, -0.05) is 11.2 Å². The molecule has 2 N–H and O–H groups in total. The Balaban J connectivity index is 1.33. The predicted octanol–water partition coefficient (Wildman–Crippen LogP) is 1.61. The predicted molar refractivity (Wildman–Crippen MR) is 126 cm³/mol. The summed E-state index contributed by atoms with van der Waals surface area (Å²) in [7, 11) is 1.62. The molecular weight excluding hydrogens is 469 g/mol. The average molecular weight is 496 g/mol. The standard InChI is InChI=1S/C24H26FN7O4/c1-14(20(33)32-12-23(2,25)13-32)27-22-26-9-7-17(29-22)15-5-4-6-16(28-15)18-11-19(36-30-18)24(35)8-10-31(3)21(24)34/h4-7,9,11,14,35H,8,10,12-13H2,1-3H3,(H,26,27,29)/t14-,24+/m0/s1. The Labute approximate surface area is 206 Å². The van der Waals surface area contributed by atoms with Gasteiger partial charge in [0.2, 0.25) is 17.5 Å². The molecule has 2 aliphatic heterocycles. The highest BCUT2D eigenvalue weighted by atomic mass is 19.1. The summed E-state index contributed by atoms with van der Waals surface area (Å²) in [6.07, 6.45) is 1.76. The number of aromatic nitrogens is 4. The largest absolute Gasteiger partial charge is 0.373 e. The Hall–Kier alpha value is -3.93. The van der Waals surface area contributed by atoms with Crippen LogP contribution in [0.3, 0.4) is 0 Å². The summed E-state index contributed by atoms with van der Waals surface area (Å²) in [4.78, 5) is 41.0. The molecule has 188 valence electrons. The lowest BCUT2D eigenvalue weighted by atomic mass is 9.98. The Morgan fingerprint density at radius 1 is 1.19 bits per heavy atom. The number of alkyl halides is 1. The van der Waals surface area contributed by atoms with Crippen molar-refractivity contribution in [2.75, 3.05) is 32.0 Å². The van der Waals surface area contributed by atoms with Gasteiger partial charge in [-0.25, -0.2) is 19.3 Å². The fourth-order valence-corrected chi connectivity index (χ4v) is 4.40. The summed E-state index contributed by atoms with van der Waals surface area (Å²) in [6.45, 7) is 3.70. The maximum Gasteiger partial charge on any atom is 0.262 e. The van der Waals surface area contributed by atoms with E-state index in [0.29, 0.717) is 29.3 Å². The van der Waals surface area contributed by atoms with Gasteiger partial charge in [0.1, 0.15) is 17.4 Å². The quantitative estimate of drug-likeness (QED) is 0.522. The van der Waals surface area contributed by atoms with Crippen LogP contribution in [0.1, 0.15) is 26.0 Å². The van der Waals surface area contributed by atoms with Crippen molar-refractivity contribution in [3.05, 3.63) is 42.3 Å². The van der Waals surface area contributed by atoms with Crippen molar-refractivity contribution in [1.82, 2.24) is 29.9 Å². The molecule has 2 fully saturated rings. The first-order chi connectivity index (χ1) is 17.1. The molecule has 0 bridgehead atoms. The van der Waals surface area contributed by atoms with Gasteiger partial charge in [0.15, 0.2) is 5.76 Å². The molecule has 2 saturated heterocycles. The Morgan fingerprint density at radius 2 is 1.89 bits per heavy atom. The van der Waals surface area contributed by atoms with E-state index in [1.54, 1.807) is 44.4 Å². The molecular formula is C24H26FN7O4. The second-order valence-electron chi connectivity index (χ2n) is 9.56. The molecule has 2 atom stereocenters. The molecule has 36 heavy (non-hydrogen) atoms. The maximum atomic E-state index is 13.7. The number of nitrogens with zero attached hydrogens (tertiary/aromatic N) is 6. The molecule has 0 saturated carbocycles. The number of halogens is 1. The topological polar surface area (TPSA) is 138 Å². The number of aliphatic hydroxyl groups is 1. The zero-order chi connectivity index (χ0) is 25.7. The fourth-order valence-electron chi connectivity index (χ4n) is 4.40. The van der Waals surface area contributed by atoms with E-state index < -0.39 is 23.2 Å². The second kappa shape index (κ2) is 8.63. The number of carbonyl (C=O) groups excluding carboxylic acids is 2. The lowest BCUT2D eigenvalue weighted by Gasteiger charge is -2.43. The number of rotatable bonds is 6. The molecule has 3 aromatic rings. The van der Waals surface area contributed by atoms with Crippen LogP contribution in [0, 0.1) is 0 Å². The van der Waals surface area contributed by atoms with Crippen LogP contribution in [-0.4, -0.2) is 85.2 Å². The highest BCUT2D eigenvalue weighted by molar-refractivity contribution is 5.88. The minimum Gasteiger partial charge on any atom is -0.373 e. The van der Waals surface area contributed by atoms with Gasteiger partial charge in [0.25, 0.3) is 5.91 Å². The number of likely N-dealkylation sites (tertiary alicyclic amines) is 2. The van der Waals surface area contributed by atoms with E-state index in [9.17, 15) is 19.1 Å². The van der Waals surface area contributed by atoms with E-state index in [0.717, 1.165) is 0 Å². The van der Waals surface area contributed by atoms with E-state index in [2.05, 4.69) is 25.4 Å². The summed E-state index contributed by atoms with van der Waals surface area (Å²) in [5.41, 5.74) is -1.22. The molecule has 11 nitrogen and oxygen atoms in total. The minimum atomic E-state index is -1.74. The second-order valence-corrected chi connectivity index (χ2v) is 9.56. The van der Waals surface area contributed by atoms with E-state index in [-0.39, 0.29) is 37.1 Å². The molecule has 0 radical (unpaired) electrons. The van der Waals surface area contributed by atoms with Crippen molar-refractivity contribution in [2.45, 2.75) is 37.6 Å². The van der Waals surface area contributed by atoms with Crippen LogP contribution >= 0.6 is 0 Å². The summed E-state index contributed by atoms with van der Waals surface area (Å²) in [5, 5.41) is 17.8. The van der Waals surface area contributed by atoms with Gasteiger partial charge in [0.05, 0.1) is 30.2 Å². The lowest BCUT2D eigenvalue weighted by Crippen LogP contribution is -2.61. The number of hydrogen-bond acceptors (Lipinski definition) is 9. The van der Waals surface area contributed by atoms with Crippen molar-refractivity contribution in [3.8, 4) is 22.8 Å². The number of nitrogens with one attached hydrogen (secondary N) is 1. The number of pyridine rings is 1. The average Bonchev–Trinajstić information content (AvgIpc) is 3.45. The minimum absolute atomic E-state index is 0.0708. The first-order valence-corrected chi connectivity index (χ1v) is 11.6. The van der Waals surface area contributed by atoms with Crippen molar-refractivity contribution in [1.29, 1.82) is 0 Å². The molecule has 12 heteroatoms. The number of likely N-dealkylation sites (N-methyl/N-ethyl adjacent to an activating group) is 1. The lowest BCUT2D eigenvalue weighted by molar-refractivity contribution is -0.145. The van der Waals surface area contributed by atoms with Crippen molar-refractivity contribution in [3.63, 3.8) is 0 Å². The van der Waals surface area contributed by atoms with Crippen LogP contribution < -0.4 is 5.32 Å². The Morgan fingerprint density at radius 3 is 2.56 bits per heavy atom. The van der Waals surface area contributed by atoms with Crippen LogP contribution in [0.5, 0.6) is 0 Å². The molecule has 3 aromatic heterocycles. The highest BCUT2D eigenvalue weighted by Crippen LogP contribution is 2.34. The van der Waals surface area contributed by atoms with Gasteiger partial charge in [0, 0.05) is 32.3 Å². The number of carbonyl (C=O) groups is 2. The maximum absolute atomic E-state index is 13.7. The van der Waals surface area contributed by atoms with E-state index in [4.69, 9.17) is 4.52 Å². The Kier molecular flexibility index (Phi) is 5.70. The van der Waals surface area contributed by atoms with Gasteiger partial charge in [-0.15, -0.1) is 0 Å². The highest BCUT2D eigenvalue weighted by Gasteiger charge is 2.48. The third kappa shape index (κ3) is 4.28. The number of amides is 2. The molecule has 0 aromatic carbocycles. The van der Waals surface area contributed by atoms with Crippen LogP contribution in [-0.2, 0) is 15.2 Å². The number of anilines is 1. The molecule has 5 rings (SSSR count). The third-order valence-electron chi connectivity index (χ3n) is 6.43. The first-order valence-electron chi connectivity index (χ1n) is 11.6. The summed E-state index contributed by atoms with van der Waals surface area (Å²) in [5.74, 6) is -0.358. The van der Waals surface area contributed by atoms with Crippen molar-refractivity contribution < 1.29 is 23.6 Å². The first kappa shape index (κ1) is 23.8. The molecule has 0 spiro atoms. The van der Waals surface area contributed by atoms with Crippen LogP contribution in [0.2, 0.25) is 0 Å². The number of hydrogen-bond donors (Lipinski definition) is 2. The fraction of sp³-hybridized carbons (Fsp3) is 0.417. The van der Waals surface area contributed by atoms with E-state index >= 15 is 0 Å². The molecule has 5 heterocycles. The van der Waals surface area contributed by atoms with Gasteiger partial charge in [-0.05, 0) is 32.0 Å². The van der Waals surface area contributed by atoms with Gasteiger partial charge >= 0.3 is 0 Å². The van der Waals surface area contributed by atoms with Gasteiger partial charge in [-0.3, -0.25) is 9.59 Å². The van der Waals surface area contributed by atoms with Crippen LogP contribution in [0.4, 0.5) is 10.3 Å².